The van der Waals surface area contributed by atoms with Gasteiger partial charge in [0.15, 0.2) is 0 Å². The van der Waals surface area contributed by atoms with Crippen LogP contribution < -0.4 is 11.1 Å². The third-order valence-electron chi connectivity index (χ3n) is 4.76. The molecule has 21 heavy (non-hydrogen) atoms. The summed E-state index contributed by atoms with van der Waals surface area (Å²) in [6.45, 7) is 4.76. The van der Waals surface area contributed by atoms with Gasteiger partial charge in [0.1, 0.15) is 0 Å². The van der Waals surface area contributed by atoms with Crippen LogP contribution in [0.4, 0.5) is 0 Å². The number of carbonyl (C=O) groups excluding carboxylic acids is 1. The van der Waals surface area contributed by atoms with Crippen LogP contribution in [0.25, 0.3) is 0 Å². The summed E-state index contributed by atoms with van der Waals surface area (Å²) >= 11 is 0. The minimum absolute atomic E-state index is 0.100. The first kappa shape index (κ1) is 16.0. The van der Waals surface area contributed by atoms with Crippen LogP contribution in [-0.2, 0) is 16.6 Å². The van der Waals surface area contributed by atoms with Crippen molar-refractivity contribution in [3.8, 4) is 0 Å². The molecular weight excluding hydrogens is 260 g/mol. The SMILES string of the molecule is CCCCC(CN)NC(=O)C1(C)CCCc2ccccc21. The molecule has 0 saturated heterocycles. The van der Waals surface area contributed by atoms with Crippen LogP contribution in [0.3, 0.4) is 0 Å². The van der Waals surface area contributed by atoms with E-state index in [1.165, 1.54) is 11.1 Å². The molecule has 0 aliphatic heterocycles. The van der Waals surface area contributed by atoms with Crippen LogP contribution in [-0.4, -0.2) is 18.5 Å². The summed E-state index contributed by atoms with van der Waals surface area (Å²) in [7, 11) is 0. The zero-order chi connectivity index (χ0) is 15.3. The van der Waals surface area contributed by atoms with Gasteiger partial charge in [0.05, 0.1) is 5.41 Å². The summed E-state index contributed by atoms with van der Waals surface area (Å²) in [6, 6.07) is 8.46. The van der Waals surface area contributed by atoms with Crippen LogP contribution in [0, 0.1) is 0 Å². The summed E-state index contributed by atoms with van der Waals surface area (Å²) in [6.07, 6.45) is 6.28. The molecule has 0 fully saturated rings. The fraction of sp³-hybridized carbons (Fsp3) is 0.611. The number of rotatable bonds is 6. The minimum Gasteiger partial charge on any atom is -0.351 e. The van der Waals surface area contributed by atoms with E-state index in [1.807, 2.05) is 6.07 Å². The van der Waals surface area contributed by atoms with Gasteiger partial charge >= 0.3 is 0 Å². The van der Waals surface area contributed by atoms with Crippen LogP contribution in [0.1, 0.15) is 57.1 Å². The smallest absolute Gasteiger partial charge is 0.230 e. The highest BCUT2D eigenvalue weighted by Crippen LogP contribution is 2.37. The Bertz CT molecular complexity index is 486. The van der Waals surface area contributed by atoms with E-state index in [0.717, 1.165) is 38.5 Å². The number of hydrogen-bond acceptors (Lipinski definition) is 2. The van der Waals surface area contributed by atoms with E-state index in [2.05, 4.69) is 37.4 Å². The lowest BCUT2D eigenvalue weighted by Crippen LogP contribution is -2.50. The summed E-state index contributed by atoms with van der Waals surface area (Å²) in [5.41, 5.74) is 7.92. The van der Waals surface area contributed by atoms with E-state index in [4.69, 9.17) is 5.73 Å². The first-order valence-corrected chi connectivity index (χ1v) is 8.21. The fourth-order valence-corrected chi connectivity index (χ4v) is 3.32. The van der Waals surface area contributed by atoms with Gasteiger partial charge in [-0.3, -0.25) is 4.79 Å². The van der Waals surface area contributed by atoms with E-state index >= 15 is 0 Å². The molecule has 0 radical (unpaired) electrons. The highest BCUT2D eigenvalue weighted by Gasteiger charge is 2.39. The van der Waals surface area contributed by atoms with Gasteiger partial charge in [-0.1, -0.05) is 44.0 Å². The molecule has 2 unspecified atom stereocenters. The van der Waals surface area contributed by atoms with Crippen LogP contribution in [0.2, 0.25) is 0 Å². The van der Waals surface area contributed by atoms with Crippen LogP contribution >= 0.6 is 0 Å². The maximum atomic E-state index is 12.8. The molecule has 0 saturated carbocycles. The molecule has 1 aliphatic rings. The third-order valence-corrected chi connectivity index (χ3v) is 4.76. The second kappa shape index (κ2) is 7.08. The fourth-order valence-electron chi connectivity index (χ4n) is 3.32. The van der Waals surface area contributed by atoms with Crippen molar-refractivity contribution in [1.82, 2.24) is 5.32 Å². The molecule has 0 heterocycles. The third kappa shape index (κ3) is 3.46. The van der Waals surface area contributed by atoms with Crippen molar-refractivity contribution in [1.29, 1.82) is 0 Å². The van der Waals surface area contributed by atoms with Gasteiger partial charge in [-0.2, -0.15) is 0 Å². The summed E-state index contributed by atoms with van der Waals surface area (Å²) in [4.78, 5) is 12.8. The molecular formula is C18H28N2O. The molecule has 3 heteroatoms. The maximum absolute atomic E-state index is 12.8. The standard InChI is InChI=1S/C18H28N2O/c1-3-4-10-15(13-19)20-17(21)18(2)12-7-9-14-8-5-6-11-16(14)18/h5-6,8,11,15H,3-4,7,9-10,12-13,19H2,1-2H3,(H,20,21). The Hall–Kier alpha value is -1.35. The van der Waals surface area contributed by atoms with Crippen LogP contribution in [0.15, 0.2) is 24.3 Å². The van der Waals surface area contributed by atoms with Gasteiger partial charge in [-0.25, -0.2) is 0 Å². The lowest BCUT2D eigenvalue weighted by Gasteiger charge is -2.36. The van der Waals surface area contributed by atoms with E-state index in [1.54, 1.807) is 0 Å². The number of nitrogens with one attached hydrogen (secondary N) is 1. The van der Waals surface area contributed by atoms with Crippen molar-refractivity contribution in [3.05, 3.63) is 35.4 Å². The van der Waals surface area contributed by atoms with Crippen molar-refractivity contribution in [2.24, 2.45) is 5.73 Å². The van der Waals surface area contributed by atoms with Gasteiger partial charge in [-0.05, 0) is 43.7 Å². The number of nitrogens with two attached hydrogens (primary N) is 1. The monoisotopic (exact) mass is 288 g/mol. The summed E-state index contributed by atoms with van der Waals surface area (Å²) in [5.74, 6) is 0.140. The number of fused-ring (bicyclic) bond motifs is 1. The predicted octanol–water partition coefficient (Wildman–Crippen LogP) is 2.91. The zero-order valence-electron chi connectivity index (χ0n) is 13.3. The number of carbonyl (C=O) groups is 1. The Morgan fingerprint density at radius 1 is 1.43 bits per heavy atom. The molecule has 0 spiro atoms. The second-order valence-corrected chi connectivity index (χ2v) is 6.39. The molecule has 116 valence electrons. The molecule has 2 rings (SSSR count). The van der Waals surface area contributed by atoms with Gasteiger partial charge in [-0.15, -0.1) is 0 Å². The molecule has 1 aliphatic carbocycles. The predicted molar refractivity (Wildman–Crippen MR) is 87.2 cm³/mol. The molecule has 0 bridgehead atoms. The average Bonchev–Trinajstić information content (AvgIpc) is 2.51. The topological polar surface area (TPSA) is 55.1 Å². The number of aryl methyl sites for hydroxylation is 1. The Kier molecular flexibility index (Phi) is 5.40. The Morgan fingerprint density at radius 2 is 2.19 bits per heavy atom. The van der Waals surface area contributed by atoms with Crippen molar-refractivity contribution < 1.29 is 4.79 Å². The van der Waals surface area contributed by atoms with Crippen molar-refractivity contribution in [3.63, 3.8) is 0 Å². The van der Waals surface area contributed by atoms with Gasteiger partial charge in [0.2, 0.25) is 5.91 Å². The normalized spacial score (nSPS) is 22.4. The number of hydrogen-bond donors (Lipinski definition) is 2. The molecule has 1 aromatic rings. The Balaban J connectivity index is 2.15. The minimum atomic E-state index is -0.408. The van der Waals surface area contributed by atoms with Crippen LogP contribution in [0.5, 0.6) is 0 Å². The highest BCUT2D eigenvalue weighted by atomic mass is 16.2. The van der Waals surface area contributed by atoms with E-state index < -0.39 is 5.41 Å². The second-order valence-electron chi connectivity index (χ2n) is 6.39. The molecule has 1 aromatic carbocycles. The molecule has 2 atom stereocenters. The number of amides is 1. The summed E-state index contributed by atoms with van der Waals surface area (Å²) < 4.78 is 0. The highest BCUT2D eigenvalue weighted by molar-refractivity contribution is 5.88. The quantitative estimate of drug-likeness (QED) is 0.845. The van der Waals surface area contributed by atoms with Crippen molar-refractivity contribution >= 4 is 5.91 Å². The van der Waals surface area contributed by atoms with Crippen molar-refractivity contribution in [2.75, 3.05) is 6.54 Å². The molecule has 3 nitrogen and oxygen atoms in total. The van der Waals surface area contributed by atoms with Crippen molar-refractivity contribution in [2.45, 2.75) is 63.8 Å². The number of benzene rings is 1. The average molecular weight is 288 g/mol. The van der Waals surface area contributed by atoms with Gasteiger partial charge < -0.3 is 11.1 Å². The largest absolute Gasteiger partial charge is 0.351 e. The molecule has 0 aromatic heterocycles. The number of unbranched alkanes of at least 4 members (excludes halogenated alkanes) is 1. The lowest BCUT2D eigenvalue weighted by molar-refractivity contribution is -0.127. The first-order valence-electron chi connectivity index (χ1n) is 8.21. The van der Waals surface area contributed by atoms with E-state index in [-0.39, 0.29) is 11.9 Å². The van der Waals surface area contributed by atoms with E-state index in [9.17, 15) is 4.79 Å². The Morgan fingerprint density at radius 3 is 2.90 bits per heavy atom. The molecule has 3 N–H and O–H groups in total. The Labute approximate surface area is 128 Å². The van der Waals surface area contributed by atoms with Gasteiger partial charge in [0.25, 0.3) is 0 Å². The maximum Gasteiger partial charge on any atom is 0.230 e. The lowest BCUT2D eigenvalue weighted by atomic mass is 9.70. The van der Waals surface area contributed by atoms with E-state index in [0.29, 0.717) is 6.54 Å². The molecule has 1 amide bonds. The first-order chi connectivity index (χ1) is 10.1. The zero-order valence-corrected chi connectivity index (χ0v) is 13.3. The summed E-state index contributed by atoms with van der Waals surface area (Å²) in [5, 5.41) is 3.19. The van der Waals surface area contributed by atoms with Gasteiger partial charge in [0, 0.05) is 12.6 Å².